The Kier molecular flexibility index (Phi) is 5.43. The topological polar surface area (TPSA) is 90.7 Å². The first-order chi connectivity index (χ1) is 13.0. The van der Waals surface area contributed by atoms with Gasteiger partial charge in [-0.25, -0.2) is 9.97 Å². The standard InChI is InChI=1S/C21H19N5O/c1-14-11-19(20(27)24-15(2)17-8-4-3-5-9-17)26-21(23-14)25-18-10-6-7-16(12-18)13-22/h3-12,15H,1-2H3,(H,24,27)(H,23,25,26). The molecule has 3 rings (SSSR count). The quantitative estimate of drug-likeness (QED) is 0.723. The summed E-state index contributed by atoms with van der Waals surface area (Å²) in [6.45, 7) is 3.73. The van der Waals surface area contributed by atoms with E-state index in [-0.39, 0.29) is 17.6 Å². The maximum Gasteiger partial charge on any atom is 0.270 e. The van der Waals surface area contributed by atoms with Crippen LogP contribution < -0.4 is 10.6 Å². The molecule has 27 heavy (non-hydrogen) atoms. The Labute approximate surface area is 157 Å². The average molecular weight is 357 g/mol. The van der Waals surface area contributed by atoms with Crippen molar-refractivity contribution in [2.45, 2.75) is 19.9 Å². The molecule has 134 valence electrons. The summed E-state index contributed by atoms with van der Waals surface area (Å²) in [5.74, 6) is 0.0354. The maximum atomic E-state index is 12.6. The molecule has 6 heteroatoms. The lowest BCUT2D eigenvalue weighted by Crippen LogP contribution is -2.27. The van der Waals surface area contributed by atoms with Crippen LogP contribution in [-0.2, 0) is 0 Å². The van der Waals surface area contributed by atoms with Gasteiger partial charge in [0, 0.05) is 11.4 Å². The molecule has 0 aliphatic rings. The molecule has 0 saturated carbocycles. The van der Waals surface area contributed by atoms with Crippen LogP contribution in [0.1, 0.15) is 40.3 Å². The molecule has 3 aromatic rings. The van der Waals surface area contributed by atoms with Gasteiger partial charge in [0.2, 0.25) is 5.95 Å². The second kappa shape index (κ2) is 8.11. The summed E-state index contributed by atoms with van der Waals surface area (Å²) in [6.07, 6.45) is 0. The number of rotatable bonds is 5. The zero-order valence-electron chi connectivity index (χ0n) is 15.1. The minimum Gasteiger partial charge on any atom is -0.344 e. The predicted molar refractivity (Wildman–Crippen MR) is 104 cm³/mol. The van der Waals surface area contributed by atoms with Gasteiger partial charge in [0.1, 0.15) is 5.69 Å². The number of nitriles is 1. The first-order valence-electron chi connectivity index (χ1n) is 8.54. The minimum atomic E-state index is -0.273. The van der Waals surface area contributed by atoms with Crippen molar-refractivity contribution < 1.29 is 4.79 Å². The molecular weight excluding hydrogens is 338 g/mol. The number of hydrogen-bond donors (Lipinski definition) is 2. The van der Waals surface area contributed by atoms with Crippen LogP contribution in [0.15, 0.2) is 60.7 Å². The van der Waals surface area contributed by atoms with Gasteiger partial charge in [-0.2, -0.15) is 5.26 Å². The predicted octanol–water partition coefficient (Wildman–Crippen LogP) is 3.89. The smallest absolute Gasteiger partial charge is 0.270 e. The Hall–Kier alpha value is -3.72. The summed E-state index contributed by atoms with van der Waals surface area (Å²) in [6, 6.07) is 20.3. The van der Waals surface area contributed by atoms with Gasteiger partial charge < -0.3 is 10.6 Å². The normalized spacial score (nSPS) is 11.3. The van der Waals surface area contributed by atoms with Gasteiger partial charge in [0.05, 0.1) is 17.7 Å². The highest BCUT2D eigenvalue weighted by atomic mass is 16.1. The Bertz CT molecular complexity index is 995. The highest BCUT2D eigenvalue weighted by molar-refractivity contribution is 5.93. The summed E-state index contributed by atoms with van der Waals surface area (Å²) < 4.78 is 0. The van der Waals surface area contributed by atoms with Crippen LogP contribution in [0.4, 0.5) is 11.6 Å². The van der Waals surface area contributed by atoms with Crippen molar-refractivity contribution in [3.05, 3.63) is 83.2 Å². The molecule has 0 bridgehead atoms. The van der Waals surface area contributed by atoms with Crippen molar-refractivity contribution >= 4 is 17.5 Å². The molecule has 1 aromatic heterocycles. The molecule has 2 aromatic carbocycles. The van der Waals surface area contributed by atoms with Crippen LogP contribution >= 0.6 is 0 Å². The lowest BCUT2D eigenvalue weighted by atomic mass is 10.1. The molecule has 0 aliphatic heterocycles. The third-order valence-electron chi connectivity index (χ3n) is 3.98. The molecule has 1 unspecified atom stereocenters. The molecule has 0 saturated heterocycles. The van der Waals surface area contributed by atoms with Crippen molar-refractivity contribution in [2.75, 3.05) is 5.32 Å². The van der Waals surface area contributed by atoms with Gasteiger partial charge in [-0.15, -0.1) is 0 Å². The minimum absolute atomic E-state index is 0.141. The highest BCUT2D eigenvalue weighted by Gasteiger charge is 2.14. The molecule has 6 nitrogen and oxygen atoms in total. The summed E-state index contributed by atoms with van der Waals surface area (Å²) >= 11 is 0. The van der Waals surface area contributed by atoms with E-state index in [0.29, 0.717) is 22.9 Å². The summed E-state index contributed by atoms with van der Waals surface area (Å²) in [7, 11) is 0. The number of anilines is 2. The lowest BCUT2D eigenvalue weighted by molar-refractivity contribution is 0.0934. The number of carbonyl (C=O) groups excluding carboxylic acids is 1. The fourth-order valence-electron chi connectivity index (χ4n) is 2.63. The van der Waals surface area contributed by atoms with Crippen molar-refractivity contribution in [3.63, 3.8) is 0 Å². The zero-order chi connectivity index (χ0) is 19.2. The molecular formula is C21H19N5O. The molecule has 1 heterocycles. The Morgan fingerprint density at radius 3 is 2.59 bits per heavy atom. The van der Waals surface area contributed by atoms with Gasteiger partial charge >= 0.3 is 0 Å². The number of amides is 1. The fraction of sp³-hybridized carbons (Fsp3) is 0.143. The van der Waals surface area contributed by atoms with Crippen molar-refractivity contribution in [2.24, 2.45) is 0 Å². The van der Waals surface area contributed by atoms with Crippen LogP contribution in [-0.4, -0.2) is 15.9 Å². The molecule has 1 atom stereocenters. The van der Waals surface area contributed by atoms with Crippen molar-refractivity contribution in [3.8, 4) is 6.07 Å². The Morgan fingerprint density at radius 2 is 1.85 bits per heavy atom. The summed E-state index contributed by atoms with van der Waals surface area (Å²) in [5.41, 5.74) is 3.18. The third-order valence-corrected chi connectivity index (χ3v) is 3.98. The number of nitrogens with one attached hydrogen (secondary N) is 2. The van der Waals surface area contributed by atoms with E-state index in [9.17, 15) is 4.79 Å². The third kappa shape index (κ3) is 4.67. The van der Waals surface area contributed by atoms with E-state index in [0.717, 1.165) is 5.56 Å². The SMILES string of the molecule is Cc1cc(C(=O)NC(C)c2ccccc2)nc(Nc2cccc(C#N)c2)n1. The number of benzene rings is 2. The average Bonchev–Trinajstić information content (AvgIpc) is 2.68. The molecule has 0 fully saturated rings. The van der Waals surface area contributed by atoms with Crippen LogP contribution in [0.2, 0.25) is 0 Å². The number of hydrogen-bond acceptors (Lipinski definition) is 5. The van der Waals surface area contributed by atoms with E-state index in [1.807, 2.05) is 43.3 Å². The van der Waals surface area contributed by atoms with Gasteiger partial charge in [-0.1, -0.05) is 36.4 Å². The Morgan fingerprint density at radius 1 is 1.07 bits per heavy atom. The van der Waals surface area contributed by atoms with Gasteiger partial charge in [-0.3, -0.25) is 4.79 Å². The van der Waals surface area contributed by atoms with Gasteiger partial charge in [-0.05, 0) is 43.7 Å². The van der Waals surface area contributed by atoms with Crippen LogP contribution in [0, 0.1) is 18.3 Å². The fourth-order valence-corrected chi connectivity index (χ4v) is 2.63. The van der Waals surface area contributed by atoms with E-state index in [1.54, 1.807) is 31.2 Å². The second-order valence-corrected chi connectivity index (χ2v) is 6.14. The maximum absolute atomic E-state index is 12.6. The number of carbonyl (C=O) groups is 1. The Balaban J connectivity index is 1.78. The van der Waals surface area contributed by atoms with Crippen LogP contribution in [0.5, 0.6) is 0 Å². The first kappa shape index (κ1) is 18.1. The van der Waals surface area contributed by atoms with Gasteiger partial charge in [0.25, 0.3) is 5.91 Å². The van der Waals surface area contributed by atoms with Crippen molar-refractivity contribution in [1.29, 1.82) is 5.26 Å². The number of aryl methyl sites for hydroxylation is 1. The first-order valence-corrected chi connectivity index (χ1v) is 8.54. The largest absolute Gasteiger partial charge is 0.344 e. The number of nitrogens with zero attached hydrogens (tertiary/aromatic N) is 3. The zero-order valence-corrected chi connectivity index (χ0v) is 15.1. The molecule has 2 N–H and O–H groups in total. The molecule has 0 spiro atoms. The monoisotopic (exact) mass is 357 g/mol. The lowest BCUT2D eigenvalue weighted by Gasteiger charge is -2.14. The van der Waals surface area contributed by atoms with E-state index >= 15 is 0 Å². The van der Waals surface area contributed by atoms with E-state index < -0.39 is 0 Å². The van der Waals surface area contributed by atoms with Crippen molar-refractivity contribution in [1.82, 2.24) is 15.3 Å². The number of aromatic nitrogens is 2. The van der Waals surface area contributed by atoms with E-state index in [4.69, 9.17) is 5.26 Å². The summed E-state index contributed by atoms with van der Waals surface area (Å²) in [4.78, 5) is 21.2. The molecule has 0 aliphatic carbocycles. The summed E-state index contributed by atoms with van der Waals surface area (Å²) in [5, 5.41) is 15.0. The van der Waals surface area contributed by atoms with E-state index in [2.05, 4.69) is 26.7 Å². The molecule has 0 radical (unpaired) electrons. The highest BCUT2D eigenvalue weighted by Crippen LogP contribution is 2.16. The molecule has 1 amide bonds. The van der Waals surface area contributed by atoms with Gasteiger partial charge in [0.15, 0.2) is 0 Å². The van der Waals surface area contributed by atoms with Crippen LogP contribution in [0.25, 0.3) is 0 Å². The van der Waals surface area contributed by atoms with Crippen LogP contribution in [0.3, 0.4) is 0 Å². The van der Waals surface area contributed by atoms with E-state index in [1.165, 1.54) is 0 Å². The second-order valence-electron chi connectivity index (χ2n) is 6.14.